The molecule has 2 aliphatic heterocycles. The van der Waals surface area contributed by atoms with E-state index in [1.165, 1.54) is 22.3 Å². The fraction of sp³-hybridized carbons (Fsp3) is 0.429. The minimum atomic E-state index is -0.415. The van der Waals surface area contributed by atoms with Gasteiger partial charge in [0.25, 0.3) is 0 Å². The molecule has 5 atom stereocenters. The summed E-state index contributed by atoms with van der Waals surface area (Å²) in [6.45, 7) is 11.1. The van der Waals surface area contributed by atoms with Crippen molar-refractivity contribution in [1.82, 2.24) is 0 Å². The van der Waals surface area contributed by atoms with Crippen molar-refractivity contribution in [2.24, 2.45) is 5.92 Å². The number of aromatic hydroxyl groups is 1. The maximum Gasteiger partial charge on any atom is 0.134 e. The van der Waals surface area contributed by atoms with E-state index < -0.39 is 6.10 Å². The molecule has 0 spiro atoms. The fourth-order valence-electron chi connectivity index (χ4n) is 5.45. The molecule has 2 aliphatic rings. The van der Waals surface area contributed by atoms with Gasteiger partial charge in [-0.15, -0.1) is 0 Å². The third-order valence-electron chi connectivity index (χ3n) is 9.24. The number of rotatable bonds is 17. The lowest BCUT2D eigenvalue weighted by molar-refractivity contribution is 0.0521. The molecule has 262 valence electrons. The Kier molecular flexibility index (Phi) is 13.0. The average molecular weight is 669 g/mol. The zero-order valence-corrected chi connectivity index (χ0v) is 29.3. The first-order chi connectivity index (χ1) is 23.7. The third kappa shape index (κ3) is 12.1. The van der Waals surface area contributed by atoms with Crippen LogP contribution < -0.4 is 14.2 Å². The standard InChI is InChI=1S/C26H36O4.C16H16O3/c1-5-19(3)15-22(27)17-28-23-11-7-20(8-12-23)16-21-9-13-24(14-10-21)30-26(4,6-2)25-18-29-25;17-14-5-1-12(2-6-14)9-13-3-7-15(8-4-13)18-10-16-11-19-16/h7-14,19,22,25,27H,5-6,15-18H2,1-4H3;1-8,16-17H,9-11H2. The Morgan fingerprint density at radius 1 is 0.714 bits per heavy atom. The van der Waals surface area contributed by atoms with Crippen molar-refractivity contribution in [3.05, 3.63) is 119 Å². The van der Waals surface area contributed by atoms with Crippen molar-refractivity contribution in [3.63, 3.8) is 0 Å². The normalized spacial score (nSPS) is 18.6. The number of phenolic OH excluding ortho intramolecular Hbond substituents is 1. The molecule has 0 aliphatic carbocycles. The highest BCUT2D eigenvalue weighted by Gasteiger charge is 2.44. The summed E-state index contributed by atoms with van der Waals surface area (Å²) in [6, 6.07) is 31.8. The van der Waals surface area contributed by atoms with E-state index in [0.29, 0.717) is 24.9 Å². The first kappa shape index (κ1) is 36.2. The van der Waals surface area contributed by atoms with Gasteiger partial charge in [-0.2, -0.15) is 0 Å². The number of hydrogen-bond acceptors (Lipinski definition) is 7. The van der Waals surface area contributed by atoms with Crippen molar-refractivity contribution in [3.8, 4) is 23.0 Å². The lowest BCUT2D eigenvalue weighted by Crippen LogP contribution is -2.37. The maximum atomic E-state index is 10.1. The van der Waals surface area contributed by atoms with E-state index >= 15 is 0 Å². The number of phenols is 1. The minimum Gasteiger partial charge on any atom is -0.508 e. The van der Waals surface area contributed by atoms with E-state index in [9.17, 15) is 10.2 Å². The molecule has 0 bridgehead atoms. The number of ether oxygens (including phenoxy) is 5. The lowest BCUT2D eigenvalue weighted by Gasteiger charge is -2.28. The molecule has 0 aromatic heterocycles. The maximum absolute atomic E-state index is 10.1. The van der Waals surface area contributed by atoms with Crippen LogP contribution in [0.15, 0.2) is 97.1 Å². The van der Waals surface area contributed by atoms with Crippen LogP contribution in [-0.2, 0) is 22.3 Å². The van der Waals surface area contributed by atoms with Crippen molar-refractivity contribution in [2.75, 3.05) is 26.4 Å². The summed E-state index contributed by atoms with van der Waals surface area (Å²) >= 11 is 0. The van der Waals surface area contributed by atoms with Gasteiger partial charge in [-0.1, -0.05) is 75.7 Å². The number of benzene rings is 4. The molecule has 7 heteroatoms. The van der Waals surface area contributed by atoms with Gasteiger partial charge in [0.05, 0.1) is 19.3 Å². The molecule has 2 saturated heterocycles. The van der Waals surface area contributed by atoms with Crippen LogP contribution in [0.3, 0.4) is 0 Å². The van der Waals surface area contributed by atoms with Crippen LogP contribution in [0.2, 0.25) is 0 Å². The first-order valence-corrected chi connectivity index (χ1v) is 17.6. The Bertz CT molecular complexity index is 1530. The predicted octanol–water partition coefficient (Wildman–Crippen LogP) is 8.16. The van der Waals surface area contributed by atoms with Crippen molar-refractivity contribution in [2.45, 2.75) is 83.7 Å². The monoisotopic (exact) mass is 668 g/mol. The van der Waals surface area contributed by atoms with E-state index in [1.54, 1.807) is 12.1 Å². The van der Waals surface area contributed by atoms with Crippen LogP contribution in [0.4, 0.5) is 0 Å². The van der Waals surface area contributed by atoms with E-state index in [0.717, 1.165) is 62.6 Å². The number of aliphatic hydroxyl groups is 1. The van der Waals surface area contributed by atoms with Gasteiger partial charge in [-0.3, -0.25) is 0 Å². The van der Waals surface area contributed by atoms with Crippen LogP contribution in [0.1, 0.15) is 69.2 Å². The van der Waals surface area contributed by atoms with Crippen LogP contribution in [0, 0.1) is 5.92 Å². The number of epoxide rings is 2. The molecule has 7 nitrogen and oxygen atoms in total. The second-order valence-corrected chi connectivity index (χ2v) is 13.5. The summed E-state index contributed by atoms with van der Waals surface area (Å²) in [6.07, 6.45) is 4.56. The second kappa shape index (κ2) is 17.6. The van der Waals surface area contributed by atoms with E-state index in [2.05, 4.69) is 64.1 Å². The molecule has 6 rings (SSSR count). The average Bonchev–Trinajstić information content (AvgIpc) is 4.05. The Morgan fingerprint density at radius 3 is 1.63 bits per heavy atom. The molecule has 5 unspecified atom stereocenters. The van der Waals surface area contributed by atoms with Crippen molar-refractivity contribution >= 4 is 0 Å². The summed E-state index contributed by atoms with van der Waals surface area (Å²) < 4.78 is 28.1. The van der Waals surface area contributed by atoms with Gasteiger partial charge in [0.2, 0.25) is 0 Å². The van der Waals surface area contributed by atoms with Crippen molar-refractivity contribution < 1.29 is 33.9 Å². The zero-order valence-electron chi connectivity index (χ0n) is 29.3. The predicted molar refractivity (Wildman–Crippen MR) is 193 cm³/mol. The zero-order chi connectivity index (χ0) is 34.6. The molecule has 0 amide bonds. The van der Waals surface area contributed by atoms with Gasteiger partial charge in [0.1, 0.15) is 54.0 Å². The van der Waals surface area contributed by atoms with Gasteiger partial charge in [-0.25, -0.2) is 0 Å². The van der Waals surface area contributed by atoms with Gasteiger partial charge in [0.15, 0.2) is 0 Å². The number of hydrogen-bond donors (Lipinski definition) is 2. The molecule has 2 N–H and O–H groups in total. The first-order valence-electron chi connectivity index (χ1n) is 17.6. The molecular weight excluding hydrogens is 616 g/mol. The lowest BCUT2D eigenvalue weighted by atomic mass is 9.99. The second-order valence-electron chi connectivity index (χ2n) is 13.5. The molecule has 4 aromatic rings. The third-order valence-corrected chi connectivity index (χ3v) is 9.24. The fourth-order valence-corrected chi connectivity index (χ4v) is 5.45. The summed E-state index contributed by atoms with van der Waals surface area (Å²) in [5.41, 5.74) is 4.61. The highest BCUT2D eigenvalue weighted by molar-refractivity contribution is 5.35. The summed E-state index contributed by atoms with van der Waals surface area (Å²) in [4.78, 5) is 0. The van der Waals surface area contributed by atoms with Crippen molar-refractivity contribution in [1.29, 1.82) is 0 Å². The summed E-state index contributed by atoms with van der Waals surface area (Å²) in [5.74, 6) is 3.38. The SMILES string of the molecule is CCC(C)CC(O)COc1ccc(Cc2ccc(OC(C)(CC)C3CO3)cc2)cc1.Oc1ccc(Cc2ccc(OCC3CO3)cc2)cc1. The van der Waals surface area contributed by atoms with Crippen LogP contribution >= 0.6 is 0 Å². The highest BCUT2D eigenvalue weighted by Crippen LogP contribution is 2.33. The molecule has 0 saturated carbocycles. The quantitative estimate of drug-likeness (QED) is 0.110. The van der Waals surface area contributed by atoms with E-state index in [1.807, 2.05) is 48.5 Å². The Labute approximate surface area is 291 Å². The van der Waals surface area contributed by atoms with Gasteiger partial charge in [0, 0.05) is 0 Å². The highest BCUT2D eigenvalue weighted by atomic mass is 16.6. The molecule has 2 heterocycles. The molecule has 0 radical (unpaired) electrons. The van der Waals surface area contributed by atoms with Crippen LogP contribution in [0.5, 0.6) is 23.0 Å². The van der Waals surface area contributed by atoms with E-state index in [4.69, 9.17) is 23.7 Å². The molecule has 2 fully saturated rings. The van der Waals surface area contributed by atoms with Crippen LogP contribution in [0.25, 0.3) is 0 Å². The van der Waals surface area contributed by atoms with Gasteiger partial charge >= 0.3 is 0 Å². The Hall–Kier alpha value is -4.04. The Balaban J connectivity index is 0.000000211. The van der Waals surface area contributed by atoms with Gasteiger partial charge in [-0.05, 0) is 109 Å². The number of aliphatic hydroxyl groups excluding tert-OH is 1. The largest absolute Gasteiger partial charge is 0.508 e. The molecule has 49 heavy (non-hydrogen) atoms. The summed E-state index contributed by atoms with van der Waals surface area (Å²) in [5, 5.41) is 19.3. The van der Waals surface area contributed by atoms with Crippen LogP contribution in [-0.4, -0.2) is 60.6 Å². The topological polar surface area (TPSA) is 93.2 Å². The van der Waals surface area contributed by atoms with Gasteiger partial charge < -0.3 is 33.9 Å². The Morgan fingerprint density at radius 2 is 1.18 bits per heavy atom. The minimum absolute atomic E-state index is 0.207. The van der Waals surface area contributed by atoms with E-state index in [-0.39, 0.29) is 17.8 Å². The molecular formula is C42H52O7. The smallest absolute Gasteiger partial charge is 0.134 e. The summed E-state index contributed by atoms with van der Waals surface area (Å²) in [7, 11) is 0. The molecule has 4 aromatic carbocycles.